The Labute approximate surface area is 162 Å². The Bertz CT molecular complexity index is 606. The molecule has 0 amide bonds. The van der Waals surface area contributed by atoms with Gasteiger partial charge in [0.2, 0.25) is 0 Å². The minimum atomic E-state index is -0.687. The lowest BCUT2D eigenvalue weighted by atomic mass is 10.0. The van der Waals surface area contributed by atoms with E-state index in [0.717, 1.165) is 11.3 Å². The van der Waals surface area contributed by atoms with Crippen LogP contribution in [0.25, 0.3) is 0 Å². The molecule has 5 heteroatoms. The first-order valence-corrected chi connectivity index (χ1v) is 9.40. The smallest absolute Gasteiger partial charge is 0.164 e. The highest BCUT2D eigenvalue weighted by atomic mass is 16.8. The van der Waals surface area contributed by atoms with Gasteiger partial charge < -0.3 is 24.1 Å². The Morgan fingerprint density at radius 3 is 2.52 bits per heavy atom. The zero-order valence-electron chi connectivity index (χ0n) is 16.8. The average molecular weight is 376 g/mol. The second kappa shape index (κ2) is 10.0. The van der Waals surface area contributed by atoms with E-state index in [4.69, 9.17) is 18.9 Å². The minimum absolute atomic E-state index is 0.187. The molecule has 0 spiro atoms. The van der Waals surface area contributed by atoms with Crippen molar-refractivity contribution in [3.8, 4) is 5.75 Å². The molecule has 150 valence electrons. The molecule has 5 nitrogen and oxygen atoms in total. The van der Waals surface area contributed by atoms with E-state index in [1.165, 1.54) is 0 Å². The van der Waals surface area contributed by atoms with Crippen molar-refractivity contribution in [1.29, 1.82) is 0 Å². The average Bonchev–Trinajstić information content (AvgIpc) is 2.93. The molecule has 0 aliphatic carbocycles. The Morgan fingerprint density at radius 2 is 1.93 bits per heavy atom. The zero-order chi connectivity index (χ0) is 19.9. The monoisotopic (exact) mass is 376 g/mol. The normalized spacial score (nSPS) is 24.0. The van der Waals surface area contributed by atoms with Gasteiger partial charge in [0.05, 0.1) is 25.9 Å². The fourth-order valence-corrected chi connectivity index (χ4v) is 3.05. The van der Waals surface area contributed by atoms with Gasteiger partial charge in [-0.15, -0.1) is 6.58 Å². The van der Waals surface area contributed by atoms with Crippen molar-refractivity contribution in [2.75, 3.05) is 7.11 Å². The Kier molecular flexibility index (Phi) is 8.05. The highest BCUT2D eigenvalue weighted by Gasteiger charge is 2.44. The molecule has 1 aliphatic rings. The fraction of sp³-hybridized carbons (Fsp3) is 0.545. The van der Waals surface area contributed by atoms with Gasteiger partial charge in [-0.3, -0.25) is 0 Å². The van der Waals surface area contributed by atoms with Gasteiger partial charge in [0.15, 0.2) is 5.79 Å². The van der Waals surface area contributed by atoms with Crippen molar-refractivity contribution < 1.29 is 24.1 Å². The summed E-state index contributed by atoms with van der Waals surface area (Å²) in [6.07, 6.45) is 5.90. The summed E-state index contributed by atoms with van der Waals surface area (Å²) in [6.45, 7) is 9.88. The molecular formula is C22H32O5. The van der Waals surface area contributed by atoms with E-state index in [1.54, 1.807) is 14.0 Å². The summed E-state index contributed by atoms with van der Waals surface area (Å²) in [4.78, 5) is 0. The van der Waals surface area contributed by atoms with E-state index < -0.39 is 5.79 Å². The van der Waals surface area contributed by atoms with Crippen LogP contribution in [-0.2, 0) is 20.8 Å². The van der Waals surface area contributed by atoms with E-state index in [1.807, 2.05) is 56.3 Å². The molecular weight excluding hydrogens is 344 g/mol. The van der Waals surface area contributed by atoms with Crippen LogP contribution in [-0.4, -0.2) is 42.4 Å². The Hall–Kier alpha value is -1.66. The van der Waals surface area contributed by atoms with Crippen LogP contribution in [0, 0.1) is 0 Å². The topological polar surface area (TPSA) is 57.2 Å². The number of aliphatic hydroxyl groups is 1. The maximum Gasteiger partial charge on any atom is 0.164 e. The third-order valence-corrected chi connectivity index (χ3v) is 4.36. The quantitative estimate of drug-likeness (QED) is 0.626. The van der Waals surface area contributed by atoms with Crippen LogP contribution >= 0.6 is 0 Å². The second-order valence-electron chi connectivity index (χ2n) is 7.30. The molecule has 1 aliphatic heterocycles. The highest BCUT2D eigenvalue weighted by molar-refractivity contribution is 5.26. The van der Waals surface area contributed by atoms with Crippen molar-refractivity contribution in [3.63, 3.8) is 0 Å². The van der Waals surface area contributed by atoms with Gasteiger partial charge in [-0.1, -0.05) is 30.4 Å². The summed E-state index contributed by atoms with van der Waals surface area (Å²) in [5.41, 5.74) is 1.06. The van der Waals surface area contributed by atoms with E-state index in [2.05, 4.69) is 6.58 Å². The molecule has 1 aromatic carbocycles. The van der Waals surface area contributed by atoms with Crippen LogP contribution < -0.4 is 4.74 Å². The summed E-state index contributed by atoms with van der Waals surface area (Å²) >= 11 is 0. The first-order valence-electron chi connectivity index (χ1n) is 9.40. The number of aliphatic hydroxyl groups excluding tert-OH is 1. The third-order valence-electron chi connectivity index (χ3n) is 4.36. The molecule has 4 atom stereocenters. The number of rotatable bonds is 10. The standard InChI is InChI=1S/C22H32O5/c1-6-8-19(25-15-17-11-13-18(24-5)14-12-17)21-20(10-7-9-16(2)23)26-22(3,4)27-21/h6-7,10-14,16,19-21,23H,1,8-9,15H2,2-5H3/b10-7-/t16-,19?,20-,21-/m0/s1. The van der Waals surface area contributed by atoms with Gasteiger partial charge in [0.25, 0.3) is 0 Å². The number of benzene rings is 1. The Morgan fingerprint density at radius 1 is 1.22 bits per heavy atom. The van der Waals surface area contributed by atoms with E-state index in [9.17, 15) is 5.11 Å². The number of ether oxygens (including phenoxy) is 4. The molecule has 1 aromatic rings. The first kappa shape index (κ1) is 21.6. The molecule has 1 N–H and O–H groups in total. The lowest BCUT2D eigenvalue weighted by molar-refractivity contribution is -0.159. The van der Waals surface area contributed by atoms with Crippen molar-refractivity contribution in [3.05, 3.63) is 54.6 Å². The molecule has 2 rings (SSSR count). The molecule has 27 heavy (non-hydrogen) atoms. The number of methoxy groups -OCH3 is 1. The first-order chi connectivity index (χ1) is 12.8. The van der Waals surface area contributed by atoms with Crippen LogP contribution in [0.5, 0.6) is 5.75 Å². The van der Waals surface area contributed by atoms with Gasteiger partial charge in [-0.05, 0) is 51.3 Å². The van der Waals surface area contributed by atoms with Gasteiger partial charge in [-0.2, -0.15) is 0 Å². The molecule has 0 bridgehead atoms. The van der Waals surface area contributed by atoms with E-state index in [0.29, 0.717) is 19.4 Å². The molecule has 1 heterocycles. The SMILES string of the molecule is C=CCC(OCc1ccc(OC)cc1)[C@@H]1OC(C)(C)O[C@H]1/C=C\C[C@H](C)O. The van der Waals surface area contributed by atoms with Crippen molar-refractivity contribution in [2.24, 2.45) is 0 Å². The lowest BCUT2D eigenvalue weighted by Gasteiger charge is -2.25. The van der Waals surface area contributed by atoms with Crippen molar-refractivity contribution in [2.45, 2.75) is 70.4 Å². The van der Waals surface area contributed by atoms with Crippen LogP contribution in [0.3, 0.4) is 0 Å². The summed E-state index contributed by atoms with van der Waals surface area (Å²) in [5.74, 6) is 0.131. The third kappa shape index (κ3) is 6.78. The van der Waals surface area contributed by atoms with Crippen LogP contribution in [0.15, 0.2) is 49.1 Å². The zero-order valence-corrected chi connectivity index (χ0v) is 16.8. The summed E-state index contributed by atoms with van der Waals surface area (Å²) in [7, 11) is 1.65. The largest absolute Gasteiger partial charge is 0.497 e. The molecule has 1 saturated heterocycles. The van der Waals surface area contributed by atoms with Gasteiger partial charge in [0.1, 0.15) is 18.0 Å². The predicted octanol–water partition coefficient (Wildman–Crippen LogP) is 4.00. The highest BCUT2D eigenvalue weighted by Crippen LogP contribution is 2.33. The molecule has 0 saturated carbocycles. The number of hydrogen-bond acceptors (Lipinski definition) is 5. The Balaban J connectivity index is 2.06. The summed E-state index contributed by atoms with van der Waals surface area (Å²) in [6, 6.07) is 7.81. The van der Waals surface area contributed by atoms with E-state index in [-0.39, 0.29) is 24.4 Å². The minimum Gasteiger partial charge on any atom is -0.497 e. The predicted molar refractivity (Wildman–Crippen MR) is 106 cm³/mol. The lowest BCUT2D eigenvalue weighted by Crippen LogP contribution is -2.36. The van der Waals surface area contributed by atoms with Gasteiger partial charge in [-0.25, -0.2) is 0 Å². The van der Waals surface area contributed by atoms with Gasteiger partial charge >= 0.3 is 0 Å². The van der Waals surface area contributed by atoms with Crippen LogP contribution in [0.2, 0.25) is 0 Å². The summed E-state index contributed by atoms with van der Waals surface area (Å²) < 4.78 is 23.5. The molecule has 0 radical (unpaired) electrons. The van der Waals surface area contributed by atoms with Crippen LogP contribution in [0.1, 0.15) is 39.2 Å². The fourth-order valence-electron chi connectivity index (χ4n) is 3.05. The van der Waals surface area contributed by atoms with Crippen LogP contribution in [0.4, 0.5) is 0 Å². The van der Waals surface area contributed by atoms with Gasteiger partial charge in [0, 0.05) is 0 Å². The summed E-state index contributed by atoms with van der Waals surface area (Å²) in [5, 5.41) is 9.47. The second-order valence-corrected chi connectivity index (χ2v) is 7.30. The maximum absolute atomic E-state index is 9.47. The number of hydrogen-bond donors (Lipinski definition) is 1. The molecule has 1 fully saturated rings. The van der Waals surface area contributed by atoms with Crippen molar-refractivity contribution >= 4 is 0 Å². The molecule has 0 aromatic heterocycles. The van der Waals surface area contributed by atoms with E-state index >= 15 is 0 Å². The maximum atomic E-state index is 9.47. The molecule has 1 unspecified atom stereocenters. The van der Waals surface area contributed by atoms with Crippen molar-refractivity contribution in [1.82, 2.24) is 0 Å².